The highest BCUT2D eigenvalue weighted by atomic mass is 79.9. The van der Waals surface area contributed by atoms with E-state index in [0.717, 1.165) is 0 Å². The second-order valence-electron chi connectivity index (χ2n) is 2.30. The summed E-state index contributed by atoms with van der Waals surface area (Å²) in [6.45, 7) is 0. The van der Waals surface area contributed by atoms with Gasteiger partial charge in [-0.1, -0.05) is 0 Å². The summed E-state index contributed by atoms with van der Waals surface area (Å²) < 4.78 is 36.0. The van der Waals surface area contributed by atoms with Crippen molar-refractivity contribution in [2.75, 3.05) is 0 Å². The number of hydrogen-bond acceptors (Lipinski definition) is 1. The fourth-order valence-corrected chi connectivity index (χ4v) is 1.20. The molecule has 0 aromatic carbocycles. The first-order valence-corrected chi connectivity index (χ1v) is 3.93. The molecule has 0 aliphatic carbocycles. The van der Waals surface area contributed by atoms with Crippen molar-refractivity contribution < 1.29 is 13.2 Å². The van der Waals surface area contributed by atoms with Gasteiger partial charge in [0.15, 0.2) is 0 Å². The third kappa shape index (κ3) is 3.21. The molecule has 66 valence electrons. The van der Waals surface area contributed by atoms with Crippen LogP contribution in [0.4, 0.5) is 13.2 Å². The Morgan fingerprint density at radius 1 is 1.33 bits per heavy atom. The highest BCUT2D eigenvalue weighted by Gasteiger charge is 2.27. The Labute approximate surface area is 75.7 Å². The summed E-state index contributed by atoms with van der Waals surface area (Å²) in [5.74, 6) is 0. The van der Waals surface area contributed by atoms with Crippen LogP contribution in [0.1, 0.15) is 5.56 Å². The minimum atomic E-state index is -4.16. The molecule has 0 saturated carbocycles. The number of rotatable bonds is 1. The molecule has 1 aromatic heterocycles. The number of halogens is 4. The van der Waals surface area contributed by atoms with Crippen LogP contribution in [0.5, 0.6) is 0 Å². The van der Waals surface area contributed by atoms with Gasteiger partial charge in [-0.15, -0.1) is 0 Å². The average molecular weight is 240 g/mol. The lowest BCUT2D eigenvalue weighted by atomic mass is 10.2. The first-order chi connectivity index (χ1) is 5.47. The maximum absolute atomic E-state index is 11.8. The van der Waals surface area contributed by atoms with Crippen LogP contribution in [0, 0.1) is 0 Å². The third-order valence-electron chi connectivity index (χ3n) is 1.17. The predicted molar refractivity (Wildman–Crippen MR) is 41.7 cm³/mol. The molecule has 1 heterocycles. The zero-order valence-electron chi connectivity index (χ0n) is 5.90. The molecule has 1 rings (SSSR count). The fraction of sp³-hybridized carbons (Fsp3) is 0.286. The maximum atomic E-state index is 11.8. The highest BCUT2D eigenvalue weighted by molar-refractivity contribution is 9.10. The first-order valence-electron chi connectivity index (χ1n) is 3.13. The summed E-state index contributed by atoms with van der Waals surface area (Å²) in [4.78, 5) is 3.62. The van der Waals surface area contributed by atoms with Gasteiger partial charge in [0, 0.05) is 16.9 Å². The molecule has 0 spiro atoms. The number of alkyl halides is 3. The topological polar surface area (TPSA) is 12.9 Å². The van der Waals surface area contributed by atoms with Crippen molar-refractivity contribution >= 4 is 15.9 Å². The molecule has 0 radical (unpaired) electrons. The Morgan fingerprint density at radius 2 is 2.00 bits per heavy atom. The number of aromatic nitrogens is 1. The lowest BCUT2D eigenvalue weighted by Crippen LogP contribution is -2.11. The van der Waals surface area contributed by atoms with Crippen LogP contribution in [0.25, 0.3) is 0 Å². The van der Waals surface area contributed by atoms with E-state index in [1.54, 1.807) is 0 Å². The highest BCUT2D eigenvalue weighted by Crippen LogP contribution is 2.22. The molecule has 0 amide bonds. The maximum Gasteiger partial charge on any atom is 0.393 e. The van der Waals surface area contributed by atoms with Crippen LogP contribution < -0.4 is 0 Å². The van der Waals surface area contributed by atoms with E-state index in [0.29, 0.717) is 4.47 Å². The van der Waals surface area contributed by atoms with Crippen molar-refractivity contribution in [1.82, 2.24) is 4.98 Å². The van der Waals surface area contributed by atoms with Gasteiger partial charge in [-0.05, 0) is 27.6 Å². The van der Waals surface area contributed by atoms with E-state index in [9.17, 15) is 13.2 Å². The van der Waals surface area contributed by atoms with Crippen molar-refractivity contribution in [2.45, 2.75) is 12.6 Å². The third-order valence-corrected chi connectivity index (χ3v) is 1.60. The summed E-state index contributed by atoms with van der Waals surface area (Å²) in [6.07, 6.45) is -2.44. The molecule has 0 saturated heterocycles. The molecule has 0 unspecified atom stereocenters. The first kappa shape index (κ1) is 9.51. The molecule has 0 N–H and O–H groups in total. The molecule has 0 fully saturated rings. The zero-order chi connectivity index (χ0) is 9.19. The molecule has 0 aliphatic heterocycles. The second-order valence-corrected chi connectivity index (χ2v) is 3.22. The van der Waals surface area contributed by atoms with Gasteiger partial charge >= 0.3 is 6.18 Å². The van der Waals surface area contributed by atoms with E-state index in [1.807, 2.05) is 0 Å². The number of pyridine rings is 1. The van der Waals surface area contributed by atoms with E-state index >= 15 is 0 Å². The van der Waals surface area contributed by atoms with Gasteiger partial charge in [-0.3, -0.25) is 4.98 Å². The molecule has 0 bridgehead atoms. The molecule has 1 nitrogen and oxygen atoms in total. The van der Waals surface area contributed by atoms with Crippen LogP contribution >= 0.6 is 15.9 Å². The minimum Gasteiger partial charge on any atom is -0.263 e. The van der Waals surface area contributed by atoms with Gasteiger partial charge in [0.25, 0.3) is 0 Å². The van der Waals surface area contributed by atoms with E-state index in [1.165, 1.54) is 18.5 Å². The van der Waals surface area contributed by atoms with Crippen molar-refractivity contribution in [1.29, 1.82) is 0 Å². The van der Waals surface area contributed by atoms with Crippen LogP contribution in [0.2, 0.25) is 0 Å². The van der Waals surface area contributed by atoms with E-state index in [4.69, 9.17) is 0 Å². The fourth-order valence-electron chi connectivity index (χ4n) is 0.784. The zero-order valence-corrected chi connectivity index (χ0v) is 7.48. The van der Waals surface area contributed by atoms with E-state index in [2.05, 4.69) is 20.9 Å². The summed E-state index contributed by atoms with van der Waals surface area (Å²) in [5, 5.41) is 0. The van der Waals surface area contributed by atoms with Gasteiger partial charge < -0.3 is 0 Å². The van der Waals surface area contributed by atoms with Crippen LogP contribution in [-0.2, 0) is 6.42 Å². The summed E-state index contributed by atoms with van der Waals surface area (Å²) in [5.41, 5.74) is 0.164. The Morgan fingerprint density at radius 3 is 2.50 bits per heavy atom. The van der Waals surface area contributed by atoms with Crippen LogP contribution in [0.15, 0.2) is 22.9 Å². The SMILES string of the molecule is FC(F)(F)Cc1cncc(Br)c1. The Balaban J connectivity index is 2.77. The molecule has 0 aliphatic rings. The molecule has 12 heavy (non-hydrogen) atoms. The second kappa shape index (κ2) is 3.43. The molecular weight excluding hydrogens is 235 g/mol. The monoisotopic (exact) mass is 239 g/mol. The standard InChI is InChI=1S/C7H5BrF3N/c8-6-1-5(3-12-4-6)2-7(9,10)11/h1,3-4H,2H2. The lowest BCUT2D eigenvalue weighted by molar-refractivity contribution is -0.127. The Bertz CT molecular complexity index is 272. The Kier molecular flexibility index (Phi) is 2.72. The Hall–Kier alpha value is -0.580. The van der Waals surface area contributed by atoms with Crippen molar-refractivity contribution in [3.05, 3.63) is 28.5 Å². The molecule has 5 heteroatoms. The van der Waals surface area contributed by atoms with Crippen molar-refractivity contribution in [3.8, 4) is 0 Å². The summed E-state index contributed by atoms with van der Waals surface area (Å²) >= 11 is 3.04. The largest absolute Gasteiger partial charge is 0.393 e. The van der Waals surface area contributed by atoms with E-state index in [-0.39, 0.29) is 5.56 Å². The predicted octanol–water partition coefficient (Wildman–Crippen LogP) is 2.95. The quantitative estimate of drug-likeness (QED) is 0.735. The molecule has 0 atom stereocenters. The summed E-state index contributed by atoms with van der Waals surface area (Å²) in [6, 6.07) is 1.40. The van der Waals surface area contributed by atoms with Gasteiger partial charge in [0.2, 0.25) is 0 Å². The van der Waals surface area contributed by atoms with E-state index < -0.39 is 12.6 Å². The minimum absolute atomic E-state index is 0.164. The van der Waals surface area contributed by atoms with Crippen LogP contribution in [-0.4, -0.2) is 11.2 Å². The summed E-state index contributed by atoms with van der Waals surface area (Å²) in [7, 11) is 0. The van der Waals surface area contributed by atoms with Gasteiger partial charge in [0.1, 0.15) is 0 Å². The van der Waals surface area contributed by atoms with Gasteiger partial charge in [-0.25, -0.2) is 0 Å². The smallest absolute Gasteiger partial charge is 0.263 e. The number of hydrogen-bond donors (Lipinski definition) is 0. The number of nitrogens with zero attached hydrogens (tertiary/aromatic N) is 1. The molecule has 1 aromatic rings. The van der Waals surface area contributed by atoms with Gasteiger partial charge in [0.05, 0.1) is 6.42 Å². The lowest BCUT2D eigenvalue weighted by Gasteiger charge is -2.05. The van der Waals surface area contributed by atoms with Crippen molar-refractivity contribution in [3.63, 3.8) is 0 Å². The average Bonchev–Trinajstić information content (AvgIpc) is 1.82. The normalized spacial score (nSPS) is 11.7. The molecular formula is C7H5BrF3N. The van der Waals surface area contributed by atoms with Gasteiger partial charge in [-0.2, -0.15) is 13.2 Å². The van der Waals surface area contributed by atoms with Crippen LogP contribution in [0.3, 0.4) is 0 Å². The van der Waals surface area contributed by atoms with Crippen molar-refractivity contribution in [2.24, 2.45) is 0 Å².